The molecule has 0 unspecified atom stereocenters. The van der Waals surface area contributed by atoms with Crippen LogP contribution in [0.5, 0.6) is 0 Å². The Labute approximate surface area is 146 Å². The topological polar surface area (TPSA) is 33.2 Å². The normalized spacial score (nSPS) is 13.0. The maximum atomic E-state index is 13.9. The Morgan fingerprint density at radius 1 is 1.08 bits per heavy atom. The standard InChI is InChI=1S/C17H13ClF4N2O/c18-6-15(25)24(14-4-9-2-1-3-10(9)7-23-14)8-11-12(19)5-13(20)17(22)16(11)21/h4-5,7H,1-3,6,8H2. The number of benzene rings is 1. The van der Waals surface area contributed by atoms with Crippen LogP contribution in [0.4, 0.5) is 23.4 Å². The third-order valence-corrected chi connectivity index (χ3v) is 4.41. The first-order chi connectivity index (χ1) is 11.9. The SMILES string of the molecule is O=C(CCl)N(Cc1c(F)cc(F)c(F)c1F)c1cc2c(cn1)CCC2. The molecule has 8 heteroatoms. The molecular formula is C17H13ClF4N2O. The molecule has 0 saturated heterocycles. The highest BCUT2D eigenvalue weighted by Gasteiger charge is 2.25. The van der Waals surface area contributed by atoms with Gasteiger partial charge in [-0.25, -0.2) is 22.5 Å². The van der Waals surface area contributed by atoms with Crippen molar-refractivity contribution in [3.05, 3.63) is 58.3 Å². The summed E-state index contributed by atoms with van der Waals surface area (Å²) in [6, 6.07) is 1.90. The molecule has 0 spiro atoms. The van der Waals surface area contributed by atoms with Crippen LogP contribution in [-0.4, -0.2) is 16.8 Å². The minimum Gasteiger partial charge on any atom is -0.291 e. The zero-order valence-corrected chi connectivity index (χ0v) is 13.7. The van der Waals surface area contributed by atoms with Gasteiger partial charge in [0.15, 0.2) is 17.5 Å². The van der Waals surface area contributed by atoms with E-state index in [9.17, 15) is 22.4 Å². The third kappa shape index (κ3) is 3.33. The monoisotopic (exact) mass is 372 g/mol. The van der Waals surface area contributed by atoms with E-state index in [1.54, 1.807) is 12.3 Å². The number of pyridine rings is 1. The molecule has 132 valence electrons. The van der Waals surface area contributed by atoms with Gasteiger partial charge in [0, 0.05) is 17.8 Å². The first kappa shape index (κ1) is 17.7. The largest absolute Gasteiger partial charge is 0.291 e. The van der Waals surface area contributed by atoms with Crippen LogP contribution in [0.2, 0.25) is 0 Å². The average Bonchev–Trinajstić information content (AvgIpc) is 3.07. The highest BCUT2D eigenvalue weighted by Crippen LogP contribution is 2.27. The minimum absolute atomic E-state index is 0.162. The Bertz CT molecular complexity index is 844. The number of anilines is 1. The molecular weight excluding hydrogens is 360 g/mol. The maximum Gasteiger partial charge on any atom is 0.243 e. The average molecular weight is 373 g/mol. The molecule has 1 aromatic carbocycles. The van der Waals surface area contributed by atoms with Crippen LogP contribution in [0, 0.1) is 23.3 Å². The van der Waals surface area contributed by atoms with Gasteiger partial charge < -0.3 is 0 Å². The Hall–Kier alpha value is -2.15. The van der Waals surface area contributed by atoms with E-state index in [1.807, 2.05) is 0 Å². The van der Waals surface area contributed by atoms with Gasteiger partial charge in [0.1, 0.15) is 17.5 Å². The molecule has 25 heavy (non-hydrogen) atoms. The van der Waals surface area contributed by atoms with Crippen LogP contribution >= 0.6 is 11.6 Å². The molecule has 3 rings (SSSR count). The first-order valence-corrected chi connectivity index (χ1v) is 8.11. The summed E-state index contributed by atoms with van der Waals surface area (Å²) < 4.78 is 54.4. The van der Waals surface area contributed by atoms with Crippen molar-refractivity contribution >= 4 is 23.3 Å². The number of alkyl halides is 1. The number of amides is 1. The van der Waals surface area contributed by atoms with Gasteiger partial charge in [-0.2, -0.15) is 0 Å². The molecule has 0 fully saturated rings. The van der Waals surface area contributed by atoms with Crippen molar-refractivity contribution in [2.24, 2.45) is 0 Å². The lowest BCUT2D eigenvalue weighted by Crippen LogP contribution is -2.33. The fourth-order valence-corrected chi connectivity index (χ4v) is 3.01. The van der Waals surface area contributed by atoms with Crippen LogP contribution in [0.25, 0.3) is 0 Å². The number of hydrogen-bond acceptors (Lipinski definition) is 2. The van der Waals surface area contributed by atoms with Gasteiger partial charge in [-0.1, -0.05) is 0 Å². The van der Waals surface area contributed by atoms with Gasteiger partial charge in [0.25, 0.3) is 0 Å². The number of nitrogens with zero attached hydrogens (tertiary/aromatic N) is 2. The van der Waals surface area contributed by atoms with E-state index in [2.05, 4.69) is 4.98 Å². The molecule has 1 aliphatic carbocycles. The third-order valence-electron chi connectivity index (χ3n) is 4.18. The molecule has 0 radical (unpaired) electrons. The van der Waals surface area contributed by atoms with Crippen molar-refractivity contribution in [2.75, 3.05) is 10.8 Å². The Morgan fingerprint density at radius 3 is 2.52 bits per heavy atom. The quantitative estimate of drug-likeness (QED) is 0.353. The van der Waals surface area contributed by atoms with Gasteiger partial charge in [0.05, 0.1) is 6.54 Å². The second kappa shape index (κ2) is 7.00. The Morgan fingerprint density at radius 2 is 1.80 bits per heavy atom. The predicted octanol–water partition coefficient (Wildman–Crippen LogP) is 3.90. The van der Waals surface area contributed by atoms with E-state index >= 15 is 0 Å². The first-order valence-electron chi connectivity index (χ1n) is 7.58. The lowest BCUT2D eigenvalue weighted by molar-refractivity contribution is -0.116. The fourth-order valence-electron chi connectivity index (χ4n) is 2.86. The number of rotatable bonds is 4. The summed E-state index contributed by atoms with van der Waals surface area (Å²) in [6.07, 6.45) is 4.24. The zero-order valence-electron chi connectivity index (χ0n) is 13.0. The molecule has 3 nitrogen and oxygen atoms in total. The maximum absolute atomic E-state index is 13.9. The van der Waals surface area contributed by atoms with E-state index in [-0.39, 0.29) is 11.9 Å². The van der Waals surface area contributed by atoms with E-state index in [0.29, 0.717) is 0 Å². The van der Waals surface area contributed by atoms with Crippen LogP contribution in [0.1, 0.15) is 23.1 Å². The molecule has 1 amide bonds. The van der Waals surface area contributed by atoms with Crippen molar-refractivity contribution in [1.29, 1.82) is 0 Å². The van der Waals surface area contributed by atoms with Crippen LogP contribution in [0.15, 0.2) is 18.3 Å². The highest BCUT2D eigenvalue weighted by molar-refractivity contribution is 6.29. The molecule has 2 aromatic rings. The molecule has 0 saturated carbocycles. The van der Waals surface area contributed by atoms with E-state index in [1.165, 1.54) is 0 Å². The van der Waals surface area contributed by atoms with Gasteiger partial charge >= 0.3 is 0 Å². The summed E-state index contributed by atoms with van der Waals surface area (Å²) in [5, 5.41) is 0. The van der Waals surface area contributed by atoms with Gasteiger partial charge in [-0.15, -0.1) is 11.6 Å². The number of aryl methyl sites for hydroxylation is 2. The van der Waals surface area contributed by atoms with Gasteiger partial charge in [-0.05, 0) is 36.5 Å². The number of hydrogen-bond donors (Lipinski definition) is 0. The number of carbonyl (C=O) groups excluding carboxylic acids is 1. The van der Waals surface area contributed by atoms with E-state index in [4.69, 9.17) is 11.6 Å². The Balaban J connectivity index is 2.01. The Kier molecular flexibility index (Phi) is 4.94. The van der Waals surface area contributed by atoms with Crippen molar-refractivity contribution in [3.8, 4) is 0 Å². The summed E-state index contributed by atoms with van der Waals surface area (Å²) in [5.74, 6) is -7.34. The van der Waals surface area contributed by atoms with Gasteiger partial charge in [0.2, 0.25) is 5.91 Å². The van der Waals surface area contributed by atoms with Crippen molar-refractivity contribution in [1.82, 2.24) is 4.98 Å². The summed E-state index contributed by atoms with van der Waals surface area (Å²) in [6.45, 7) is -0.647. The molecule has 0 bridgehead atoms. The molecule has 1 heterocycles. The molecule has 0 atom stereocenters. The number of aromatic nitrogens is 1. The zero-order chi connectivity index (χ0) is 18.1. The minimum atomic E-state index is -1.79. The van der Waals surface area contributed by atoms with E-state index in [0.717, 1.165) is 35.3 Å². The smallest absolute Gasteiger partial charge is 0.243 e. The van der Waals surface area contributed by atoms with Crippen LogP contribution in [-0.2, 0) is 24.2 Å². The van der Waals surface area contributed by atoms with Crippen LogP contribution < -0.4 is 4.90 Å². The lowest BCUT2D eigenvalue weighted by atomic mass is 10.1. The van der Waals surface area contributed by atoms with Gasteiger partial charge in [-0.3, -0.25) is 9.69 Å². The fraction of sp³-hybridized carbons (Fsp3) is 0.294. The summed E-state index contributed by atoms with van der Waals surface area (Å²) in [7, 11) is 0. The highest BCUT2D eigenvalue weighted by atomic mass is 35.5. The second-order valence-corrected chi connectivity index (χ2v) is 5.99. The lowest BCUT2D eigenvalue weighted by Gasteiger charge is -2.22. The second-order valence-electron chi connectivity index (χ2n) is 5.73. The summed E-state index contributed by atoms with van der Waals surface area (Å²) >= 11 is 5.58. The van der Waals surface area contributed by atoms with Crippen LogP contribution in [0.3, 0.4) is 0 Å². The predicted molar refractivity (Wildman–Crippen MR) is 84.4 cm³/mol. The van der Waals surface area contributed by atoms with Crippen molar-refractivity contribution < 1.29 is 22.4 Å². The van der Waals surface area contributed by atoms with Crippen molar-refractivity contribution in [2.45, 2.75) is 25.8 Å². The van der Waals surface area contributed by atoms with E-state index < -0.39 is 47.2 Å². The van der Waals surface area contributed by atoms with Crippen molar-refractivity contribution in [3.63, 3.8) is 0 Å². The molecule has 0 N–H and O–H groups in total. The number of fused-ring (bicyclic) bond motifs is 1. The summed E-state index contributed by atoms with van der Waals surface area (Å²) in [5.41, 5.74) is 1.27. The number of halogens is 5. The molecule has 0 aliphatic heterocycles. The molecule has 1 aromatic heterocycles. The molecule has 1 aliphatic rings. The summed E-state index contributed by atoms with van der Waals surface area (Å²) in [4.78, 5) is 17.2. The number of carbonyl (C=O) groups is 1.